The smallest absolute Gasteiger partial charge is 0.0223 e. The molecule has 1 heteroatoms. The fraction of sp³-hybridized carbons (Fsp3) is 0.700. The maximum atomic E-state index is 4.14. The molecule has 64 valence electrons. The molecule has 0 aliphatic carbocycles. The van der Waals surface area contributed by atoms with Crippen molar-refractivity contribution in [3.63, 3.8) is 0 Å². The number of allylic oxidation sites excluding steroid dienone is 1. The minimum absolute atomic E-state index is 1.12. The highest BCUT2D eigenvalue weighted by atomic mass is 14.7. The lowest BCUT2D eigenvalue weighted by atomic mass is 10.3. The molecule has 0 heterocycles. The Kier molecular flexibility index (Phi) is 8.91. The molecule has 0 unspecified atom stereocenters. The maximum Gasteiger partial charge on any atom is 0.0223 e. The van der Waals surface area contributed by atoms with Gasteiger partial charge < -0.3 is 0 Å². The third-order valence-electron chi connectivity index (χ3n) is 1.44. The molecule has 0 aliphatic heterocycles. The van der Waals surface area contributed by atoms with Gasteiger partial charge in [-0.05, 0) is 19.3 Å². The van der Waals surface area contributed by atoms with Crippen LogP contribution in [-0.4, -0.2) is 6.21 Å². The number of rotatable bonds is 6. The summed E-state index contributed by atoms with van der Waals surface area (Å²) in [5.74, 6) is 0. The minimum atomic E-state index is 1.12. The van der Waals surface area contributed by atoms with E-state index in [4.69, 9.17) is 0 Å². The highest BCUT2D eigenvalue weighted by Gasteiger charge is 1.76. The lowest BCUT2D eigenvalue weighted by Gasteiger charge is -1.85. The molecule has 0 fully saturated rings. The second-order valence-corrected chi connectivity index (χ2v) is 2.65. The van der Waals surface area contributed by atoms with Crippen molar-refractivity contribution in [2.75, 3.05) is 0 Å². The van der Waals surface area contributed by atoms with Crippen molar-refractivity contribution in [2.24, 2.45) is 4.99 Å². The van der Waals surface area contributed by atoms with E-state index < -0.39 is 0 Å². The van der Waals surface area contributed by atoms with Crippen LogP contribution in [0.3, 0.4) is 0 Å². The number of nitrogens with zero attached hydrogens (tertiary/aromatic N) is 1. The molecule has 0 N–H and O–H groups in total. The summed E-state index contributed by atoms with van der Waals surface area (Å²) in [4.78, 5) is 4.14. The molecule has 11 heavy (non-hydrogen) atoms. The first kappa shape index (κ1) is 10.4. The van der Waals surface area contributed by atoms with Crippen LogP contribution in [0.4, 0.5) is 0 Å². The Morgan fingerprint density at radius 1 is 1.09 bits per heavy atom. The summed E-state index contributed by atoms with van der Waals surface area (Å²) < 4.78 is 0. The molecular formula is C10H19N. The van der Waals surface area contributed by atoms with Crippen molar-refractivity contribution in [2.45, 2.75) is 46.0 Å². The quantitative estimate of drug-likeness (QED) is 0.408. The van der Waals surface area contributed by atoms with Crippen LogP contribution in [0.2, 0.25) is 0 Å². The van der Waals surface area contributed by atoms with Crippen LogP contribution in [0.15, 0.2) is 17.3 Å². The standard InChI is InChI=1S/C10H19N/c1-3-5-7-9-11-10-8-6-4-2/h7,9-10H,3-6,8H2,1-2H3/b9-7+,11-10?. The third-order valence-corrected chi connectivity index (χ3v) is 1.44. The fourth-order valence-corrected chi connectivity index (χ4v) is 0.733. The molecule has 0 amide bonds. The summed E-state index contributed by atoms with van der Waals surface area (Å²) in [6.45, 7) is 4.37. The first-order valence-corrected chi connectivity index (χ1v) is 4.58. The topological polar surface area (TPSA) is 12.4 Å². The van der Waals surface area contributed by atoms with Crippen LogP contribution in [0.25, 0.3) is 0 Å². The van der Waals surface area contributed by atoms with Gasteiger partial charge in [-0.1, -0.05) is 32.8 Å². The minimum Gasteiger partial charge on any atom is -0.269 e. The van der Waals surface area contributed by atoms with Gasteiger partial charge >= 0.3 is 0 Å². The van der Waals surface area contributed by atoms with Crippen LogP contribution < -0.4 is 0 Å². The van der Waals surface area contributed by atoms with Gasteiger partial charge in [0, 0.05) is 12.4 Å². The summed E-state index contributed by atoms with van der Waals surface area (Å²) in [6, 6.07) is 0. The Morgan fingerprint density at radius 2 is 1.91 bits per heavy atom. The predicted octanol–water partition coefficient (Wildman–Crippen LogP) is 3.56. The van der Waals surface area contributed by atoms with E-state index in [-0.39, 0.29) is 0 Å². The molecule has 0 saturated carbocycles. The Hall–Kier alpha value is -0.590. The number of hydrogen-bond donors (Lipinski definition) is 0. The zero-order valence-electron chi connectivity index (χ0n) is 7.71. The van der Waals surface area contributed by atoms with Crippen LogP contribution >= 0.6 is 0 Å². The van der Waals surface area contributed by atoms with Crippen LogP contribution in [0.1, 0.15) is 46.0 Å². The summed E-state index contributed by atoms with van der Waals surface area (Å²) in [6.07, 6.45) is 12.0. The monoisotopic (exact) mass is 153 g/mol. The van der Waals surface area contributed by atoms with E-state index >= 15 is 0 Å². The first-order valence-electron chi connectivity index (χ1n) is 4.58. The second kappa shape index (κ2) is 9.41. The Balaban J connectivity index is 3.14. The molecule has 0 aromatic carbocycles. The van der Waals surface area contributed by atoms with Crippen molar-refractivity contribution in [3.05, 3.63) is 12.3 Å². The van der Waals surface area contributed by atoms with Gasteiger partial charge in [-0.15, -0.1) is 0 Å². The highest BCUT2D eigenvalue weighted by molar-refractivity contribution is 5.57. The molecule has 0 radical (unpaired) electrons. The number of aliphatic imine (C=N–C) groups is 1. The van der Waals surface area contributed by atoms with Gasteiger partial charge in [-0.3, -0.25) is 4.99 Å². The van der Waals surface area contributed by atoms with Gasteiger partial charge in [-0.25, -0.2) is 0 Å². The van der Waals surface area contributed by atoms with Crippen molar-refractivity contribution >= 4 is 6.21 Å². The van der Waals surface area contributed by atoms with Gasteiger partial charge in [-0.2, -0.15) is 0 Å². The van der Waals surface area contributed by atoms with E-state index in [0.29, 0.717) is 0 Å². The molecule has 0 atom stereocenters. The highest BCUT2D eigenvalue weighted by Crippen LogP contribution is 1.91. The van der Waals surface area contributed by atoms with E-state index in [9.17, 15) is 0 Å². The van der Waals surface area contributed by atoms with Crippen molar-refractivity contribution in [1.82, 2.24) is 0 Å². The maximum absolute atomic E-state index is 4.14. The zero-order valence-corrected chi connectivity index (χ0v) is 7.71. The Morgan fingerprint density at radius 3 is 2.55 bits per heavy atom. The largest absolute Gasteiger partial charge is 0.269 e. The molecular weight excluding hydrogens is 134 g/mol. The van der Waals surface area contributed by atoms with Gasteiger partial charge in [0.2, 0.25) is 0 Å². The average Bonchev–Trinajstić information content (AvgIpc) is 2.03. The van der Waals surface area contributed by atoms with E-state index in [1.54, 1.807) is 0 Å². The van der Waals surface area contributed by atoms with Crippen molar-refractivity contribution in [3.8, 4) is 0 Å². The summed E-state index contributed by atoms with van der Waals surface area (Å²) >= 11 is 0. The van der Waals surface area contributed by atoms with Crippen molar-refractivity contribution < 1.29 is 0 Å². The third kappa shape index (κ3) is 9.41. The van der Waals surface area contributed by atoms with Gasteiger partial charge in [0.1, 0.15) is 0 Å². The Bertz CT molecular complexity index is 114. The van der Waals surface area contributed by atoms with Crippen LogP contribution in [0, 0.1) is 0 Å². The predicted molar refractivity (Wildman–Crippen MR) is 52.1 cm³/mol. The molecule has 0 aromatic rings. The number of unbranched alkanes of at least 4 members (excludes halogenated alkanes) is 3. The first-order chi connectivity index (χ1) is 5.41. The van der Waals surface area contributed by atoms with Gasteiger partial charge in [0.05, 0.1) is 0 Å². The normalized spacial score (nSPS) is 11.8. The summed E-state index contributed by atoms with van der Waals surface area (Å²) in [7, 11) is 0. The summed E-state index contributed by atoms with van der Waals surface area (Å²) in [5.41, 5.74) is 0. The van der Waals surface area contributed by atoms with Crippen LogP contribution in [0.5, 0.6) is 0 Å². The molecule has 0 rings (SSSR count). The average molecular weight is 153 g/mol. The fourth-order valence-electron chi connectivity index (χ4n) is 0.733. The van der Waals surface area contributed by atoms with E-state index in [0.717, 1.165) is 12.8 Å². The van der Waals surface area contributed by atoms with E-state index in [2.05, 4.69) is 24.9 Å². The van der Waals surface area contributed by atoms with Gasteiger partial charge in [0.25, 0.3) is 0 Å². The Labute approximate surface area is 70.2 Å². The molecule has 0 bridgehead atoms. The lowest BCUT2D eigenvalue weighted by molar-refractivity contribution is 0.842. The second-order valence-electron chi connectivity index (χ2n) is 2.65. The summed E-state index contributed by atoms with van der Waals surface area (Å²) in [5, 5.41) is 0. The number of hydrogen-bond acceptors (Lipinski definition) is 1. The van der Waals surface area contributed by atoms with Gasteiger partial charge in [0.15, 0.2) is 0 Å². The molecule has 0 aliphatic rings. The van der Waals surface area contributed by atoms with Crippen LogP contribution in [-0.2, 0) is 0 Å². The zero-order chi connectivity index (χ0) is 8.36. The van der Waals surface area contributed by atoms with E-state index in [1.807, 2.05) is 12.4 Å². The van der Waals surface area contributed by atoms with Crippen molar-refractivity contribution in [1.29, 1.82) is 0 Å². The molecule has 1 nitrogen and oxygen atoms in total. The molecule has 0 spiro atoms. The van der Waals surface area contributed by atoms with E-state index in [1.165, 1.54) is 19.3 Å². The molecule has 0 aromatic heterocycles. The lowest BCUT2D eigenvalue weighted by Crippen LogP contribution is -1.72. The molecule has 0 saturated heterocycles. The SMILES string of the molecule is CCC/C=C/N=CCCCC.